The lowest BCUT2D eigenvalue weighted by molar-refractivity contribution is -0.161. The molecule has 3 heterocycles. The van der Waals surface area contributed by atoms with Gasteiger partial charge in [-0.1, -0.05) is 20.8 Å². The minimum absolute atomic E-state index is 0.0205. The summed E-state index contributed by atoms with van der Waals surface area (Å²) < 4.78 is 0. The van der Waals surface area contributed by atoms with Crippen LogP contribution >= 0.6 is 11.3 Å². The SMILES string of the molecule is CCCN1C(=O)C(CC(C)C)NC(=O)C12CCN(C(=O)Nc1cc(C)cs1)CC2. The molecule has 0 radical (unpaired) electrons. The standard InChI is InChI=1S/C21H32N4O3S/c1-5-8-25-18(26)16(11-14(2)3)22-19(27)21(25)6-9-24(10-7-21)20(28)23-17-12-15(4)13-29-17/h12-14,16H,5-11H2,1-4H3,(H,22,27)(H,23,28). The highest BCUT2D eigenvalue weighted by atomic mass is 32.1. The Balaban J connectivity index is 1.70. The first kappa shape index (κ1) is 21.6. The van der Waals surface area contributed by atoms with E-state index in [-0.39, 0.29) is 17.8 Å². The van der Waals surface area contributed by atoms with Gasteiger partial charge in [-0.2, -0.15) is 0 Å². The average Bonchev–Trinajstić information content (AvgIpc) is 3.08. The zero-order valence-corrected chi connectivity index (χ0v) is 18.6. The third-order valence-electron chi connectivity index (χ3n) is 5.80. The zero-order chi connectivity index (χ0) is 21.2. The van der Waals surface area contributed by atoms with Gasteiger partial charge in [-0.3, -0.25) is 14.9 Å². The number of nitrogens with one attached hydrogen (secondary N) is 2. The largest absolute Gasteiger partial charge is 0.342 e. The number of carbonyl (C=O) groups is 3. The summed E-state index contributed by atoms with van der Waals surface area (Å²) in [6, 6.07) is 1.35. The molecule has 2 fully saturated rings. The lowest BCUT2D eigenvalue weighted by Gasteiger charge is -2.51. The van der Waals surface area contributed by atoms with Gasteiger partial charge < -0.3 is 15.1 Å². The molecule has 1 atom stereocenters. The quantitative estimate of drug-likeness (QED) is 0.767. The van der Waals surface area contributed by atoms with Crippen LogP contribution in [0.3, 0.4) is 0 Å². The highest BCUT2D eigenvalue weighted by molar-refractivity contribution is 7.14. The number of urea groups is 1. The Hall–Kier alpha value is -2.09. The van der Waals surface area contributed by atoms with Gasteiger partial charge in [-0.15, -0.1) is 11.3 Å². The molecule has 7 nitrogen and oxygen atoms in total. The maximum atomic E-state index is 13.1. The molecular weight excluding hydrogens is 388 g/mol. The summed E-state index contributed by atoms with van der Waals surface area (Å²) in [5.74, 6) is 0.283. The molecule has 4 amide bonds. The van der Waals surface area contributed by atoms with Gasteiger partial charge in [-0.05, 0) is 55.5 Å². The highest BCUT2D eigenvalue weighted by Crippen LogP contribution is 2.34. The highest BCUT2D eigenvalue weighted by Gasteiger charge is 2.53. The molecule has 2 N–H and O–H groups in total. The second kappa shape index (κ2) is 8.73. The van der Waals surface area contributed by atoms with Crippen LogP contribution in [0.15, 0.2) is 11.4 Å². The minimum Gasteiger partial charge on any atom is -0.342 e. The van der Waals surface area contributed by atoms with Crippen molar-refractivity contribution in [2.75, 3.05) is 25.0 Å². The van der Waals surface area contributed by atoms with E-state index in [4.69, 9.17) is 0 Å². The molecule has 2 saturated heterocycles. The molecule has 0 aromatic carbocycles. The molecule has 8 heteroatoms. The van der Waals surface area contributed by atoms with Gasteiger partial charge in [0.1, 0.15) is 11.6 Å². The molecule has 1 spiro atoms. The number of hydrogen-bond donors (Lipinski definition) is 2. The number of likely N-dealkylation sites (tertiary alicyclic amines) is 1. The Morgan fingerprint density at radius 2 is 2.03 bits per heavy atom. The third kappa shape index (κ3) is 4.42. The van der Waals surface area contributed by atoms with Crippen molar-refractivity contribution >= 4 is 34.2 Å². The number of amides is 4. The maximum Gasteiger partial charge on any atom is 0.322 e. The minimum atomic E-state index is -0.836. The number of carbonyl (C=O) groups excluding carboxylic acids is 3. The van der Waals surface area contributed by atoms with Crippen molar-refractivity contribution in [1.82, 2.24) is 15.1 Å². The van der Waals surface area contributed by atoms with Crippen molar-refractivity contribution in [3.63, 3.8) is 0 Å². The molecule has 160 valence electrons. The second-order valence-corrected chi connectivity index (χ2v) is 9.49. The Morgan fingerprint density at radius 1 is 1.34 bits per heavy atom. The van der Waals surface area contributed by atoms with Crippen LogP contribution < -0.4 is 10.6 Å². The van der Waals surface area contributed by atoms with E-state index in [0.717, 1.165) is 17.0 Å². The van der Waals surface area contributed by atoms with E-state index in [1.54, 1.807) is 9.80 Å². The van der Waals surface area contributed by atoms with Crippen LogP contribution in [0.25, 0.3) is 0 Å². The summed E-state index contributed by atoms with van der Waals surface area (Å²) >= 11 is 1.50. The fourth-order valence-electron chi connectivity index (χ4n) is 4.31. The van der Waals surface area contributed by atoms with E-state index in [1.165, 1.54) is 11.3 Å². The number of nitrogens with zero attached hydrogens (tertiary/aromatic N) is 2. The van der Waals surface area contributed by atoms with Crippen molar-refractivity contribution in [2.45, 2.75) is 65.0 Å². The smallest absolute Gasteiger partial charge is 0.322 e. The third-order valence-corrected chi connectivity index (χ3v) is 6.77. The van der Waals surface area contributed by atoms with E-state index in [0.29, 0.717) is 44.8 Å². The van der Waals surface area contributed by atoms with E-state index >= 15 is 0 Å². The first-order valence-corrected chi connectivity index (χ1v) is 11.4. The van der Waals surface area contributed by atoms with Gasteiger partial charge in [0.05, 0.1) is 5.00 Å². The van der Waals surface area contributed by atoms with Gasteiger partial charge in [0.25, 0.3) is 0 Å². The van der Waals surface area contributed by atoms with Crippen LogP contribution in [0.4, 0.5) is 9.80 Å². The topological polar surface area (TPSA) is 81.8 Å². The summed E-state index contributed by atoms with van der Waals surface area (Å²) in [5, 5.41) is 8.74. The summed E-state index contributed by atoms with van der Waals surface area (Å²) in [6.45, 7) is 9.60. The average molecular weight is 421 g/mol. The molecule has 0 bridgehead atoms. The number of anilines is 1. The van der Waals surface area contributed by atoms with E-state index in [1.807, 2.05) is 25.3 Å². The maximum absolute atomic E-state index is 13.1. The number of aryl methyl sites for hydroxylation is 1. The van der Waals surface area contributed by atoms with Crippen LogP contribution in [0.1, 0.15) is 52.0 Å². The van der Waals surface area contributed by atoms with E-state index in [2.05, 4.69) is 24.5 Å². The first-order valence-electron chi connectivity index (χ1n) is 10.5. The Morgan fingerprint density at radius 3 is 2.59 bits per heavy atom. The van der Waals surface area contributed by atoms with Crippen molar-refractivity contribution in [2.24, 2.45) is 5.92 Å². The molecular formula is C21H32N4O3S. The van der Waals surface area contributed by atoms with Crippen LogP contribution in [0, 0.1) is 12.8 Å². The molecule has 0 aliphatic carbocycles. The Labute approximate surface area is 176 Å². The van der Waals surface area contributed by atoms with Gasteiger partial charge in [0.2, 0.25) is 11.8 Å². The fraction of sp³-hybridized carbons (Fsp3) is 0.667. The summed E-state index contributed by atoms with van der Waals surface area (Å²) in [5.41, 5.74) is 0.281. The van der Waals surface area contributed by atoms with Gasteiger partial charge >= 0.3 is 6.03 Å². The number of rotatable bonds is 5. The monoisotopic (exact) mass is 420 g/mol. The van der Waals surface area contributed by atoms with E-state index in [9.17, 15) is 14.4 Å². The predicted octanol–water partition coefficient (Wildman–Crippen LogP) is 3.21. The Kier molecular flexibility index (Phi) is 6.51. The van der Waals surface area contributed by atoms with Crippen molar-refractivity contribution < 1.29 is 14.4 Å². The molecule has 0 saturated carbocycles. The lowest BCUT2D eigenvalue weighted by Crippen LogP contribution is -2.73. The first-order chi connectivity index (χ1) is 13.8. The van der Waals surface area contributed by atoms with Gasteiger partial charge in [-0.25, -0.2) is 4.79 Å². The van der Waals surface area contributed by atoms with Crippen LogP contribution in [-0.2, 0) is 9.59 Å². The molecule has 29 heavy (non-hydrogen) atoms. The fourth-order valence-corrected chi connectivity index (χ4v) is 5.09. The van der Waals surface area contributed by atoms with E-state index < -0.39 is 11.6 Å². The Bertz CT molecular complexity index is 768. The molecule has 2 aliphatic heterocycles. The normalized spacial score (nSPS) is 21.6. The van der Waals surface area contributed by atoms with Gasteiger partial charge in [0, 0.05) is 19.6 Å². The van der Waals surface area contributed by atoms with Crippen LogP contribution in [0.2, 0.25) is 0 Å². The molecule has 1 unspecified atom stereocenters. The second-order valence-electron chi connectivity index (χ2n) is 8.58. The number of hydrogen-bond acceptors (Lipinski definition) is 4. The summed E-state index contributed by atoms with van der Waals surface area (Å²) in [4.78, 5) is 42.4. The molecule has 3 rings (SSSR count). The summed E-state index contributed by atoms with van der Waals surface area (Å²) in [6.07, 6.45) is 2.39. The zero-order valence-electron chi connectivity index (χ0n) is 17.8. The molecule has 1 aromatic rings. The number of piperidine rings is 1. The molecule has 1 aromatic heterocycles. The summed E-state index contributed by atoms with van der Waals surface area (Å²) in [7, 11) is 0. The number of thiophene rings is 1. The van der Waals surface area contributed by atoms with Crippen molar-refractivity contribution in [3.05, 3.63) is 17.0 Å². The molecule has 2 aliphatic rings. The van der Waals surface area contributed by atoms with Crippen molar-refractivity contribution in [1.29, 1.82) is 0 Å². The van der Waals surface area contributed by atoms with Gasteiger partial charge in [0.15, 0.2) is 0 Å². The van der Waals surface area contributed by atoms with Crippen LogP contribution in [-0.4, -0.2) is 58.9 Å². The number of piperazine rings is 1. The predicted molar refractivity (Wildman–Crippen MR) is 115 cm³/mol. The van der Waals surface area contributed by atoms with Crippen molar-refractivity contribution in [3.8, 4) is 0 Å². The lowest BCUT2D eigenvalue weighted by atomic mass is 9.81. The van der Waals surface area contributed by atoms with Crippen LogP contribution in [0.5, 0.6) is 0 Å².